The molecule has 2 aromatic rings. The number of rotatable bonds is 7. The number of likely N-dealkylation sites (tertiary alicyclic amines) is 1. The van der Waals surface area contributed by atoms with Crippen LogP contribution in [-0.4, -0.2) is 71.1 Å². The van der Waals surface area contributed by atoms with Crippen LogP contribution in [0.5, 0.6) is 5.88 Å². The van der Waals surface area contributed by atoms with Crippen molar-refractivity contribution in [2.24, 2.45) is 17.3 Å². The van der Waals surface area contributed by atoms with Crippen molar-refractivity contribution in [1.29, 1.82) is 0 Å². The maximum Gasteiger partial charge on any atom is 0.417 e. The lowest BCUT2D eigenvalue weighted by Gasteiger charge is -2.37. The van der Waals surface area contributed by atoms with Gasteiger partial charge >= 0.3 is 12.1 Å². The number of ether oxygens (including phenoxy) is 1. The summed E-state index contributed by atoms with van der Waals surface area (Å²) in [4.78, 5) is 38.5. The Morgan fingerprint density at radius 2 is 1.86 bits per heavy atom. The molecule has 0 bridgehead atoms. The van der Waals surface area contributed by atoms with Gasteiger partial charge in [-0.1, -0.05) is 26.8 Å². The van der Waals surface area contributed by atoms with Crippen LogP contribution >= 0.6 is 0 Å². The van der Waals surface area contributed by atoms with Gasteiger partial charge in [0, 0.05) is 56.7 Å². The molecule has 0 aromatic carbocycles. The van der Waals surface area contributed by atoms with Crippen LogP contribution in [0.4, 0.5) is 33.5 Å². The summed E-state index contributed by atoms with van der Waals surface area (Å²) in [5, 5.41) is 13.8. The number of aliphatic carboxylic acids is 1. The highest BCUT2D eigenvalue weighted by Gasteiger charge is 2.60. The van der Waals surface area contributed by atoms with Gasteiger partial charge in [-0.2, -0.15) is 13.2 Å². The molecule has 1 unspecified atom stereocenters. The lowest BCUT2D eigenvalue weighted by molar-refractivity contribution is -0.157. The van der Waals surface area contributed by atoms with Crippen LogP contribution in [0.1, 0.15) is 63.6 Å². The molecule has 1 saturated heterocycles. The molecule has 2 aromatic heterocycles. The standard InChI is InChI=1S/C30H38F5N5O4/c1-28(2,3)20-21(38-19-13-17(30(33,34)35)15-37-25(19)44-6)22(18-10-8-12-36-24(18)39(4)5)40(23(20)27(42)43)26(41)16-9-7-11-29(31,32)14-16/h8,10,12-13,15-16,20-23,38H,7,9,11,14H2,1-6H3,(H,42,43)/t16?,20-,21-,22-,23-/m0/s1. The highest BCUT2D eigenvalue weighted by molar-refractivity contribution is 5.87. The number of hydrogen-bond acceptors (Lipinski definition) is 7. The number of carbonyl (C=O) groups excluding carboxylic acids is 1. The molecule has 242 valence electrons. The minimum absolute atomic E-state index is 0.0903. The number of hydrogen-bond donors (Lipinski definition) is 2. The first kappa shape index (κ1) is 33.2. The number of methoxy groups -OCH3 is 1. The number of carboxylic acid groups (broad SMARTS) is 1. The fraction of sp³-hybridized carbons (Fsp3) is 0.600. The van der Waals surface area contributed by atoms with Crippen LogP contribution in [0.25, 0.3) is 0 Å². The average molecular weight is 628 g/mol. The van der Waals surface area contributed by atoms with E-state index in [0.29, 0.717) is 17.6 Å². The number of carboxylic acids is 1. The summed E-state index contributed by atoms with van der Waals surface area (Å²) in [7, 11) is 4.64. The fourth-order valence-electron chi connectivity index (χ4n) is 6.64. The third kappa shape index (κ3) is 6.53. The number of nitrogens with one attached hydrogen (secondary N) is 1. The Labute approximate surface area is 252 Å². The van der Waals surface area contributed by atoms with Gasteiger partial charge in [0.1, 0.15) is 11.9 Å². The number of pyridine rings is 2. The lowest BCUT2D eigenvalue weighted by Crippen LogP contribution is -2.50. The zero-order valence-electron chi connectivity index (χ0n) is 25.5. The van der Waals surface area contributed by atoms with Gasteiger partial charge in [-0.25, -0.2) is 23.5 Å². The zero-order chi connectivity index (χ0) is 32.8. The Morgan fingerprint density at radius 1 is 1.18 bits per heavy atom. The molecule has 3 heterocycles. The molecule has 44 heavy (non-hydrogen) atoms. The first-order valence-corrected chi connectivity index (χ1v) is 14.3. The van der Waals surface area contributed by atoms with E-state index in [2.05, 4.69) is 15.3 Å². The quantitative estimate of drug-likeness (QED) is 0.367. The molecule has 9 nitrogen and oxygen atoms in total. The molecule has 2 aliphatic rings. The molecule has 1 aliphatic carbocycles. The first-order valence-electron chi connectivity index (χ1n) is 14.3. The van der Waals surface area contributed by atoms with E-state index in [4.69, 9.17) is 4.74 Å². The Bertz CT molecular complexity index is 1380. The van der Waals surface area contributed by atoms with Crippen LogP contribution in [0.2, 0.25) is 0 Å². The van der Waals surface area contributed by atoms with E-state index in [1.165, 1.54) is 13.3 Å². The Hall–Kier alpha value is -3.71. The van der Waals surface area contributed by atoms with E-state index in [1.807, 2.05) is 0 Å². The average Bonchev–Trinajstić information content (AvgIpc) is 3.27. The van der Waals surface area contributed by atoms with Gasteiger partial charge in [0.2, 0.25) is 17.7 Å². The minimum Gasteiger partial charge on any atom is -0.480 e. The Morgan fingerprint density at radius 3 is 2.41 bits per heavy atom. The molecule has 4 rings (SSSR count). The number of alkyl halides is 5. The van der Waals surface area contributed by atoms with Crippen molar-refractivity contribution in [2.75, 3.05) is 31.4 Å². The predicted octanol–water partition coefficient (Wildman–Crippen LogP) is 5.88. The molecular formula is C30H38F5N5O4. The van der Waals surface area contributed by atoms with Gasteiger partial charge in [0.25, 0.3) is 0 Å². The number of anilines is 2. The van der Waals surface area contributed by atoms with E-state index in [9.17, 15) is 36.6 Å². The lowest BCUT2D eigenvalue weighted by atomic mass is 9.72. The van der Waals surface area contributed by atoms with E-state index >= 15 is 0 Å². The third-order valence-corrected chi connectivity index (χ3v) is 8.42. The molecule has 1 aliphatic heterocycles. The van der Waals surface area contributed by atoms with Crippen LogP contribution in [-0.2, 0) is 15.8 Å². The van der Waals surface area contributed by atoms with Gasteiger partial charge in [0.05, 0.1) is 30.4 Å². The van der Waals surface area contributed by atoms with Crippen LogP contribution in [0.15, 0.2) is 30.6 Å². The SMILES string of the molecule is COc1ncc(C(F)(F)F)cc1N[C@H]1[C@H](C(C)(C)C)[C@@H](C(=O)O)N(C(=O)C2CCCC(F)(F)C2)[C@H]1c1cccnc1N(C)C. The third-order valence-electron chi connectivity index (χ3n) is 8.42. The summed E-state index contributed by atoms with van der Waals surface area (Å²) in [5.74, 6) is -7.06. The monoisotopic (exact) mass is 627 g/mol. The highest BCUT2D eigenvalue weighted by Crippen LogP contribution is 2.52. The van der Waals surface area contributed by atoms with E-state index in [1.54, 1.807) is 51.9 Å². The van der Waals surface area contributed by atoms with Crippen molar-refractivity contribution in [3.05, 3.63) is 41.7 Å². The molecule has 14 heteroatoms. The number of carbonyl (C=O) groups is 2. The Kier molecular flexibility index (Phi) is 9.05. The first-order chi connectivity index (χ1) is 20.4. The Balaban J connectivity index is 1.99. The van der Waals surface area contributed by atoms with Gasteiger partial charge in [-0.05, 0) is 30.4 Å². The molecule has 2 fully saturated rings. The molecular weight excluding hydrogens is 589 g/mol. The van der Waals surface area contributed by atoms with E-state index in [0.717, 1.165) is 11.0 Å². The van der Waals surface area contributed by atoms with Crippen molar-refractivity contribution in [3.8, 4) is 5.88 Å². The fourth-order valence-corrected chi connectivity index (χ4v) is 6.64. The molecule has 1 saturated carbocycles. The molecule has 0 spiro atoms. The molecule has 0 radical (unpaired) electrons. The second-order valence-corrected chi connectivity index (χ2v) is 12.8. The minimum atomic E-state index is -4.74. The van der Waals surface area contributed by atoms with E-state index in [-0.39, 0.29) is 30.8 Å². The predicted molar refractivity (Wildman–Crippen MR) is 153 cm³/mol. The zero-order valence-corrected chi connectivity index (χ0v) is 25.5. The summed E-state index contributed by atoms with van der Waals surface area (Å²) < 4.78 is 75.7. The second-order valence-electron chi connectivity index (χ2n) is 12.8. The smallest absolute Gasteiger partial charge is 0.417 e. The summed E-state index contributed by atoms with van der Waals surface area (Å²) in [5.41, 5.74) is -1.68. The summed E-state index contributed by atoms with van der Waals surface area (Å²) in [6, 6.07) is 0.396. The van der Waals surface area contributed by atoms with E-state index < -0.39 is 71.3 Å². The van der Waals surface area contributed by atoms with Crippen molar-refractivity contribution < 1.29 is 41.4 Å². The number of aromatic nitrogens is 2. The highest BCUT2D eigenvalue weighted by atomic mass is 19.4. The maximum atomic E-state index is 14.6. The molecule has 2 N–H and O–H groups in total. The topological polar surface area (TPSA) is 108 Å². The summed E-state index contributed by atoms with van der Waals surface area (Å²) in [6.07, 6.45) is -3.45. The summed E-state index contributed by atoms with van der Waals surface area (Å²) in [6.45, 7) is 5.29. The molecule has 1 amide bonds. The number of amides is 1. The van der Waals surface area contributed by atoms with Crippen molar-refractivity contribution in [2.45, 2.75) is 76.7 Å². The van der Waals surface area contributed by atoms with Crippen molar-refractivity contribution >= 4 is 23.4 Å². The van der Waals surface area contributed by atoms with Gasteiger partial charge in [-0.15, -0.1) is 0 Å². The van der Waals surface area contributed by atoms with Gasteiger partial charge < -0.3 is 25.0 Å². The second kappa shape index (κ2) is 12.0. The van der Waals surface area contributed by atoms with Gasteiger partial charge in [-0.3, -0.25) is 4.79 Å². The van der Waals surface area contributed by atoms with Crippen molar-refractivity contribution in [3.63, 3.8) is 0 Å². The van der Waals surface area contributed by atoms with Crippen LogP contribution in [0, 0.1) is 17.3 Å². The van der Waals surface area contributed by atoms with Crippen LogP contribution < -0.4 is 15.0 Å². The maximum absolute atomic E-state index is 14.6. The molecule has 5 atom stereocenters. The van der Waals surface area contributed by atoms with Crippen molar-refractivity contribution in [1.82, 2.24) is 14.9 Å². The van der Waals surface area contributed by atoms with Gasteiger partial charge in [0.15, 0.2) is 0 Å². The largest absolute Gasteiger partial charge is 0.480 e. The van der Waals surface area contributed by atoms with Crippen LogP contribution in [0.3, 0.4) is 0 Å². The summed E-state index contributed by atoms with van der Waals surface area (Å²) >= 11 is 0. The number of halogens is 5. The normalized spacial score (nSPS) is 25.4. The number of nitrogens with zero attached hydrogens (tertiary/aromatic N) is 4.